The molecule has 0 bridgehead atoms. The van der Waals surface area contributed by atoms with E-state index in [1.54, 1.807) is 12.1 Å². The number of benzene rings is 2. The molecule has 0 atom stereocenters. The summed E-state index contributed by atoms with van der Waals surface area (Å²) >= 11 is 8.29. The quantitative estimate of drug-likeness (QED) is 0.393. The molecule has 2 N–H and O–H groups in total. The van der Waals surface area contributed by atoms with Crippen LogP contribution in [-0.2, 0) is 16.2 Å². The van der Waals surface area contributed by atoms with Gasteiger partial charge in [-0.3, -0.25) is 20.2 Å². The van der Waals surface area contributed by atoms with Crippen molar-refractivity contribution in [1.82, 2.24) is 10.6 Å². The van der Waals surface area contributed by atoms with Crippen LogP contribution in [0.2, 0.25) is 0 Å². The molecule has 0 unspecified atom stereocenters. The Balaban J connectivity index is 1.87. The van der Waals surface area contributed by atoms with Gasteiger partial charge in [-0.1, -0.05) is 29.3 Å². The summed E-state index contributed by atoms with van der Waals surface area (Å²) in [4.78, 5) is 24.1. The molecule has 1 saturated heterocycles. The van der Waals surface area contributed by atoms with Gasteiger partial charge in [-0.05, 0) is 71.3 Å². The molecule has 0 aliphatic carbocycles. The Hall–Kier alpha value is -2.71. The van der Waals surface area contributed by atoms with Crippen LogP contribution in [0.1, 0.15) is 22.3 Å². The fourth-order valence-corrected chi connectivity index (χ4v) is 3.80. The van der Waals surface area contributed by atoms with Crippen LogP contribution >= 0.6 is 28.1 Å². The second-order valence-electron chi connectivity index (χ2n) is 6.61. The molecule has 29 heavy (non-hydrogen) atoms. The van der Waals surface area contributed by atoms with Gasteiger partial charge < -0.3 is 9.47 Å². The van der Waals surface area contributed by atoms with Crippen LogP contribution in [0.15, 0.2) is 40.4 Å². The number of halogens is 1. The molecule has 0 radical (unpaired) electrons. The summed E-state index contributed by atoms with van der Waals surface area (Å²) in [6.07, 6.45) is 1.47. The Labute approximate surface area is 182 Å². The summed E-state index contributed by atoms with van der Waals surface area (Å²) in [5.41, 5.74) is 3.94. The summed E-state index contributed by atoms with van der Waals surface area (Å²) in [5, 5.41) is 4.81. The minimum absolute atomic E-state index is 0.00829. The summed E-state index contributed by atoms with van der Waals surface area (Å²) in [6, 6.07) is 9.68. The number of thiocarbonyl (C=S) groups is 1. The van der Waals surface area contributed by atoms with Crippen LogP contribution in [0.3, 0.4) is 0 Å². The van der Waals surface area contributed by atoms with E-state index < -0.39 is 11.8 Å². The van der Waals surface area contributed by atoms with Crippen LogP contribution in [-0.4, -0.2) is 24.0 Å². The lowest BCUT2D eigenvalue weighted by Gasteiger charge is -2.17. The van der Waals surface area contributed by atoms with E-state index >= 15 is 0 Å². The average Bonchev–Trinajstić information content (AvgIpc) is 2.62. The first-order valence-electron chi connectivity index (χ1n) is 8.72. The van der Waals surface area contributed by atoms with E-state index in [9.17, 15) is 9.59 Å². The molecule has 2 amide bonds. The van der Waals surface area contributed by atoms with Crippen molar-refractivity contribution in [1.29, 1.82) is 0 Å². The third kappa shape index (κ3) is 5.02. The van der Waals surface area contributed by atoms with Crippen LogP contribution in [0.25, 0.3) is 6.08 Å². The van der Waals surface area contributed by atoms with Gasteiger partial charge in [0.1, 0.15) is 12.2 Å². The zero-order chi connectivity index (χ0) is 21.1. The van der Waals surface area contributed by atoms with Crippen molar-refractivity contribution in [2.24, 2.45) is 0 Å². The fraction of sp³-hybridized carbons (Fsp3) is 0.190. The molecule has 2 aromatic carbocycles. The number of amides is 2. The summed E-state index contributed by atoms with van der Waals surface area (Å²) in [6.45, 7) is 4.46. The maximum atomic E-state index is 12.0. The molecule has 150 valence electrons. The van der Waals surface area contributed by atoms with E-state index in [2.05, 4.69) is 44.8 Å². The number of hydrogen-bond acceptors (Lipinski definition) is 5. The lowest BCUT2D eigenvalue weighted by molar-refractivity contribution is -0.123. The molecular weight excluding hydrogens is 456 g/mol. The van der Waals surface area contributed by atoms with Crippen molar-refractivity contribution in [3.8, 4) is 11.5 Å². The van der Waals surface area contributed by atoms with Crippen molar-refractivity contribution in [3.05, 3.63) is 62.6 Å². The van der Waals surface area contributed by atoms with Gasteiger partial charge in [0.25, 0.3) is 11.8 Å². The zero-order valence-electron chi connectivity index (χ0n) is 16.1. The van der Waals surface area contributed by atoms with Crippen LogP contribution in [0.4, 0.5) is 0 Å². The molecule has 0 saturated carbocycles. The highest BCUT2D eigenvalue weighted by atomic mass is 79.9. The highest BCUT2D eigenvalue weighted by molar-refractivity contribution is 9.10. The van der Waals surface area contributed by atoms with Crippen molar-refractivity contribution in [2.75, 3.05) is 7.11 Å². The third-order valence-electron chi connectivity index (χ3n) is 4.17. The summed E-state index contributed by atoms with van der Waals surface area (Å²) in [7, 11) is 1.53. The summed E-state index contributed by atoms with van der Waals surface area (Å²) in [5.74, 6) is -0.0942. The van der Waals surface area contributed by atoms with Crippen LogP contribution in [0, 0.1) is 13.8 Å². The van der Waals surface area contributed by atoms with Crippen molar-refractivity contribution < 1.29 is 19.1 Å². The van der Waals surface area contributed by atoms with Crippen molar-refractivity contribution >= 4 is 51.2 Å². The topological polar surface area (TPSA) is 76.7 Å². The van der Waals surface area contributed by atoms with E-state index in [1.165, 1.54) is 24.3 Å². The van der Waals surface area contributed by atoms with Crippen molar-refractivity contribution in [3.63, 3.8) is 0 Å². The van der Waals surface area contributed by atoms with Gasteiger partial charge in [0.05, 0.1) is 11.6 Å². The van der Waals surface area contributed by atoms with Gasteiger partial charge >= 0.3 is 0 Å². The highest BCUT2D eigenvalue weighted by Gasteiger charge is 2.26. The number of aryl methyl sites for hydroxylation is 2. The van der Waals surface area contributed by atoms with Gasteiger partial charge in [-0.2, -0.15) is 0 Å². The number of carbonyl (C=O) groups excluding carboxylic acids is 2. The monoisotopic (exact) mass is 474 g/mol. The maximum absolute atomic E-state index is 12.0. The largest absolute Gasteiger partial charge is 0.493 e. The van der Waals surface area contributed by atoms with E-state index in [1.807, 2.05) is 13.8 Å². The Morgan fingerprint density at radius 2 is 1.66 bits per heavy atom. The molecule has 3 rings (SSSR count). The molecule has 1 aliphatic rings. The van der Waals surface area contributed by atoms with E-state index in [-0.39, 0.29) is 10.7 Å². The molecule has 0 aromatic heterocycles. The zero-order valence-corrected chi connectivity index (χ0v) is 18.5. The Bertz CT molecular complexity index is 1010. The standard InChI is InChI=1S/C21H19BrN2O4S/c1-11-4-12(2)6-14(5-11)10-28-18-16(22)8-13(9-17(18)27-3)7-15-19(25)23-21(29)24-20(15)26/h4-9H,10H2,1-3H3,(H2,23,24,25,26,29). The first kappa shape index (κ1) is 21.0. The number of carbonyl (C=O) groups is 2. The number of methoxy groups -OCH3 is 1. The SMILES string of the molecule is COc1cc(C=C2C(=O)NC(=S)NC2=O)cc(Br)c1OCc1cc(C)cc(C)c1. The van der Waals surface area contributed by atoms with Gasteiger partial charge in [0.2, 0.25) is 0 Å². The Morgan fingerprint density at radius 1 is 1.03 bits per heavy atom. The van der Waals surface area contributed by atoms with Gasteiger partial charge in [0.15, 0.2) is 16.6 Å². The van der Waals surface area contributed by atoms with E-state index in [0.717, 1.165) is 5.56 Å². The molecule has 1 aliphatic heterocycles. The van der Waals surface area contributed by atoms with Gasteiger partial charge in [-0.15, -0.1) is 0 Å². The molecule has 1 fully saturated rings. The number of ether oxygens (including phenoxy) is 2. The number of nitrogens with one attached hydrogen (secondary N) is 2. The number of rotatable bonds is 5. The second kappa shape index (κ2) is 8.75. The van der Waals surface area contributed by atoms with Crippen LogP contribution < -0.4 is 20.1 Å². The molecule has 0 spiro atoms. The average molecular weight is 475 g/mol. The lowest BCUT2D eigenvalue weighted by Crippen LogP contribution is -2.51. The minimum Gasteiger partial charge on any atom is -0.493 e. The normalized spacial score (nSPS) is 13.7. The molecule has 8 heteroatoms. The third-order valence-corrected chi connectivity index (χ3v) is 4.96. The Kier molecular flexibility index (Phi) is 6.34. The highest BCUT2D eigenvalue weighted by Crippen LogP contribution is 2.38. The minimum atomic E-state index is -0.552. The predicted octanol–water partition coefficient (Wildman–Crippen LogP) is 3.57. The van der Waals surface area contributed by atoms with E-state index in [0.29, 0.717) is 28.1 Å². The molecular formula is C21H19BrN2O4S. The molecule has 2 aromatic rings. The van der Waals surface area contributed by atoms with Crippen molar-refractivity contribution in [2.45, 2.75) is 20.5 Å². The molecule has 6 nitrogen and oxygen atoms in total. The predicted molar refractivity (Wildman–Crippen MR) is 118 cm³/mol. The Morgan fingerprint density at radius 3 is 2.24 bits per heavy atom. The van der Waals surface area contributed by atoms with Gasteiger partial charge in [0, 0.05) is 0 Å². The van der Waals surface area contributed by atoms with Crippen LogP contribution in [0.5, 0.6) is 11.5 Å². The first-order valence-corrected chi connectivity index (χ1v) is 9.93. The second-order valence-corrected chi connectivity index (χ2v) is 7.88. The number of hydrogen-bond donors (Lipinski definition) is 2. The molecule has 1 heterocycles. The van der Waals surface area contributed by atoms with Gasteiger partial charge in [-0.25, -0.2) is 0 Å². The van der Waals surface area contributed by atoms with E-state index in [4.69, 9.17) is 21.7 Å². The first-order chi connectivity index (χ1) is 13.8. The smallest absolute Gasteiger partial charge is 0.263 e. The maximum Gasteiger partial charge on any atom is 0.263 e. The fourth-order valence-electron chi connectivity index (χ4n) is 3.04. The lowest BCUT2D eigenvalue weighted by atomic mass is 10.1. The summed E-state index contributed by atoms with van der Waals surface area (Å²) < 4.78 is 12.1.